The van der Waals surface area contributed by atoms with Crippen LogP contribution in [-0.4, -0.2) is 22.5 Å². The van der Waals surface area contributed by atoms with Crippen LogP contribution in [0.5, 0.6) is 0 Å². The van der Waals surface area contributed by atoms with Gasteiger partial charge in [-0.05, 0) is 50.3 Å². The Morgan fingerprint density at radius 3 is 3.00 bits per heavy atom. The standard InChI is InChI=1S/C15H22N2OS/c1-19-11-6-5-10(9-11)16-13-3-2-4-14-12(13)7-8-15(18)17-14/h7-8,10-11,13,16H,2-6,9H2,1H3,(H,17,18). The molecule has 2 aliphatic rings. The molecule has 4 heteroatoms. The first kappa shape index (κ1) is 13.3. The summed E-state index contributed by atoms with van der Waals surface area (Å²) in [5.41, 5.74) is 2.50. The van der Waals surface area contributed by atoms with Crippen LogP contribution in [0.4, 0.5) is 0 Å². The molecule has 2 N–H and O–H groups in total. The first-order chi connectivity index (χ1) is 9.26. The summed E-state index contributed by atoms with van der Waals surface area (Å²) in [6.45, 7) is 0. The fraction of sp³-hybridized carbons (Fsp3) is 0.667. The summed E-state index contributed by atoms with van der Waals surface area (Å²) in [6.07, 6.45) is 9.51. The van der Waals surface area contributed by atoms with Gasteiger partial charge in [0.2, 0.25) is 5.56 Å². The van der Waals surface area contributed by atoms with Crippen LogP contribution in [-0.2, 0) is 6.42 Å². The molecule has 3 unspecified atom stereocenters. The number of thioether (sulfide) groups is 1. The Kier molecular flexibility index (Phi) is 3.99. The van der Waals surface area contributed by atoms with Crippen molar-refractivity contribution in [3.8, 4) is 0 Å². The molecule has 3 rings (SSSR count). The van der Waals surface area contributed by atoms with Crippen molar-refractivity contribution in [2.45, 2.75) is 55.9 Å². The Labute approximate surface area is 118 Å². The van der Waals surface area contributed by atoms with Gasteiger partial charge in [-0.15, -0.1) is 0 Å². The van der Waals surface area contributed by atoms with E-state index in [0.29, 0.717) is 12.1 Å². The molecule has 0 saturated heterocycles. The summed E-state index contributed by atoms with van der Waals surface area (Å²) in [5, 5.41) is 4.65. The summed E-state index contributed by atoms with van der Waals surface area (Å²) in [6, 6.07) is 4.77. The second-order valence-electron chi connectivity index (χ2n) is 5.74. The van der Waals surface area contributed by atoms with E-state index in [0.717, 1.165) is 17.4 Å². The van der Waals surface area contributed by atoms with Gasteiger partial charge in [-0.2, -0.15) is 11.8 Å². The van der Waals surface area contributed by atoms with E-state index < -0.39 is 0 Å². The van der Waals surface area contributed by atoms with Gasteiger partial charge in [0.1, 0.15) is 0 Å². The molecule has 0 aliphatic heterocycles. The summed E-state index contributed by atoms with van der Waals surface area (Å²) < 4.78 is 0. The first-order valence-electron chi connectivity index (χ1n) is 7.27. The van der Waals surface area contributed by atoms with Crippen molar-refractivity contribution in [1.82, 2.24) is 10.3 Å². The van der Waals surface area contributed by atoms with E-state index in [9.17, 15) is 4.79 Å². The van der Waals surface area contributed by atoms with Gasteiger partial charge < -0.3 is 10.3 Å². The van der Waals surface area contributed by atoms with Gasteiger partial charge in [0.15, 0.2) is 0 Å². The average molecular weight is 278 g/mol. The number of nitrogens with one attached hydrogen (secondary N) is 2. The van der Waals surface area contributed by atoms with Gasteiger partial charge in [0.05, 0.1) is 0 Å². The minimum atomic E-state index is 0.0303. The highest BCUT2D eigenvalue weighted by Crippen LogP contribution is 2.33. The fourth-order valence-electron chi connectivity index (χ4n) is 3.46. The molecule has 104 valence electrons. The Balaban J connectivity index is 1.72. The molecular formula is C15H22N2OS. The van der Waals surface area contributed by atoms with Crippen LogP contribution < -0.4 is 10.9 Å². The molecule has 1 fully saturated rings. The zero-order valence-electron chi connectivity index (χ0n) is 11.4. The molecule has 1 aromatic rings. The molecule has 0 radical (unpaired) electrons. The lowest BCUT2D eigenvalue weighted by Crippen LogP contribution is -2.34. The maximum Gasteiger partial charge on any atom is 0.248 e. The Bertz CT molecular complexity index is 499. The van der Waals surface area contributed by atoms with Gasteiger partial charge in [-0.25, -0.2) is 0 Å². The van der Waals surface area contributed by atoms with E-state index in [1.165, 1.54) is 37.7 Å². The van der Waals surface area contributed by atoms with Crippen LogP contribution in [0.3, 0.4) is 0 Å². The van der Waals surface area contributed by atoms with E-state index in [2.05, 4.69) is 16.6 Å². The Morgan fingerprint density at radius 2 is 2.21 bits per heavy atom. The van der Waals surface area contributed by atoms with Crippen molar-refractivity contribution in [2.24, 2.45) is 0 Å². The zero-order valence-corrected chi connectivity index (χ0v) is 12.3. The average Bonchev–Trinajstić information content (AvgIpc) is 2.86. The third-order valence-corrected chi connectivity index (χ3v) is 5.58. The second kappa shape index (κ2) is 5.71. The minimum absolute atomic E-state index is 0.0303. The number of aromatic nitrogens is 1. The van der Waals surface area contributed by atoms with Gasteiger partial charge >= 0.3 is 0 Å². The molecule has 1 aromatic heterocycles. The quantitative estimate of drug-likeness (QED) is 0.893. The van der Waals surface area contributed by atoms with Crippen LogP contribution >= 0.6 is 11.8 Å². The maximum absolute atomic E-state index is 11.4. The number of hydrogen-bond acceptors (Lipinski definition) is 3. The number of rotatable bonds is 3. The molecule has 1 saturated carbocycles. The number of pyridine rings is 1. The van der Waals surface area contributed by atoms with Crippen molar-refractivity contribution in [3.63, 3.8) is 0 Å². The van der Waals surface area contributed by atoms with E-state index in [-0.39, 0.29) is 5.56 Å². The van der Waals surface area contributed by atoms with Crippen molar-refractivity contribution in [3.05, 3.63) is 33.7 Å². The van der Waals surface area contributed by atoms with E-state index >= 15 is 0 Å². The monoisotopic (exact) mass is 278 g/mol. The molecule has 0 aromatic carbocycles. The summed E-state index contributed by atoms with van der Waals surface area (Å²) in [5.74, 6) is 0. The number of aromatic amines is 1. The molecule has 2 aliphatic carbocycles. The highest BCUT2D eigenvalue weighted by molar-refractivity contribution is 7.99. The van der Waals surface area contributed by atoms with Crippen molar-refractivity contribution in [2.75, 3.05) is 6.26 Å². The summed E-state index contributed by atoms with van der Waals surface area (Å²) in [7, 11) is 0. The van der Waals surface area contributed by atoms with Crippen LogP contribution in [0.2, 0.25) is 0 Å². The van der Waals surface area contributed by atoms with Crippen LogP contribution in [0, 0.1) is 0 Å². The smallest absolute Gasteiger partial charge is 0.248 e. The number of fused-ring (bicyclic) bond motifs is 1. The zero-order chi connectivity index (χ0) is 13.2. The van der Waals surface area contributed by atoms with Crippen molar-refractivity contribution < 1.29 is 0 Å². The van der Waals surface area contributed by atoms with E-state index in [1.807, 2.05) is 17.8 Å². The Morgan fingerprint density at radius 1 is 1.32 bits per heavy atom. The van der Waals surface area contributed by atoms with Crippen LogP contribution in [0.25, 0.3) is 0 Å². The highest BCUT2D eigenvalue weighted by atomic mass is 32.2. The SMILES string of the molecule is CSC1CCC(NC2CCCc3[nH]c(=O)ccc32)C1. The van der Waals surface area contributed by atoms with Gasteiger partial charge in [0.25, 0.3) is 0 Å². The van der Waals surface area contributed by atoms with E-state index in [4.69, 9.17) is 0 Å². The van der Waals surface area contributed by atoms with Crippen molar-refractivity contribution in [1.29, 1.82) is 0 Å². The maximum atomic E-state index is 11.4. The predicted octanol–water partition coefficient (Wildman–Crippen LogP) is 2.63. The summed E-state index contributed by atoms with van der Waals surface area (Å²) >= 11 is 2.00. The lowest BCUT2D eigenvalue weighted by atomic mass is 9.90. The van der Waals surface area contributed by atoms with Crippen molar-refractivity contribution >= 4 is 11.8 Å². The number of H-pyrrole nitrogens is 1. The topological polar surface area (TPSA) is 44.9 Å². The largest absolute Gasteiger partial charge is 0.326 e. The summed E-state index contributed by atoms with van der Waals surface area (Å²) in [4.78, 5) is 14.4. The third-order valence-electron chi connectivity index (χ3n) is 4.49. The number of aryl methyl sites for hydroxylation is 1. The minimum Gasteiger partial charge on any atom is -0.326 e. The van der Waals surface area contributed by atoms with Gasteiger partial charge in [-0.1, -0.05) is 6.07 Å². The first-order valence-corrected chi connectivity index (χ1v) is 8.56. The molecule has 0 spiro atoms. The molecule has 3 nitrogen and oxygen atoms in total. The van der Waals surface area contributed by atoms with Crippen LogP contribution in [0.1, 0.15) is 49.4 Å². The molecule has 3 atom stereocenters. The number of hydrogen-bond donors (Lipinski definition) is 2. The Hall–Kier alpha value is -0.740. The van der Waals surface area contributed by atoms with Crippen LogP contribution in [0.15, 0.2) is 16.9 Å². The van der Waals surface area contributed by atoms with E-state index in [1.54, 1.807) is 6.07 Å². The van der Waals surface area contributed by atoms with Gasteiger partial charge in [0, 0.05) is 29.1 Å². The lowest BCUT2D eigenvalue weighted by Gasteiger charge is -2.28. The van der Waals surface area contributed by atoms with Gasteiger partial charge in [-0.3, -0.25) is 4.79 Å². The molecular weight excluding hydrogens is 256 g/mol. The fourth-order valence-corrected chi connectivity index (χ4v) is 4.26. The lowest BCUT2D eigenvalue weighted by molar-refractivity contribution is 0.394. The molecule has 1 heterocycles. The third kappa shape index (κ3) is 2.90. The second-order valence-corrected chi connectivity index (χ2v) is 6.87. The molecule has 19 heavy (non-hydrogen) atoms. The predicted molar refractivity (Wildman–Crippen MR) is 80.8 cm³/mol. The molecule has 0 bridgehead atoms. The molecule has 0 amide bonds. The normalized spacial score (nSPS) is 30.3. The highest BCUT2D eigenvalue weighted by Gasteiger charge is 2.28.